The second kappa shape index (κ2) is 29.7. The van der Waals surface area contributed by atoms with Gasteiger partial charge >= 0.3 is 11.9 Å². The van der Waals surface area contributed by atoms with Crippen molar-refractivity contribution in [3.05, 3.63) is 58.7 Å². The summed E-state index contributed by atoms with van der Waals surface area (Å²) >= 11 is 4.14. The van der Waals surface area contributed by atoms with Gasteiger partial charge in [-0.05, 0) is 43.7 Å². The molecule has 1 aliphatic carbocycles. The minimum Gasteiger partial charge on any atom is -0.481 e. The van der Waals surface area contributed by atoms with Crippen LogP contribution >= 0.6 is 12.6 Å². The maximum atomic E-state index is 13.8. The molecule has 10 amide bonds. The van der Waals surface area contributed by atoms with Crippen LogP contribution in [0.4, 0.5) is 11.4 Å². The molecular formula is C49H65N11O17S. The van der Waals surface area contributed by atoms with Gasteiger partial charge in [-0.1, -0.05) is 52.0 Å². The van der Waals surface area contributed by atoms with Gasteiger partial charge in [0.2, 0.25) is 59.1 Å². The Balaban J connectivity index is 1.59. The first-order valence-electron chi connectivity index (χ1n) is 24.3. The summed E-state index contributed by atoms with van der Waals surface area (Å²) in [6.45, 7) is 6.38. The van der Waals surface area contributed by atoms with E-state index in [1.165, 1.54) is 31.2 Å². The Morgan fingerprint density at radius 3 is 1.67 bits per heavy atom. The van der Waals surface area contributed by atoms with Crippen LogP contribution in [0.1, 0.15) is 99.1 Å². The molecule has 0 spiro atoms. The number of hydrogen-bond acceptors (Lipinski definition) is 17. The fourth-order valence-corrected chi connectivity index (χ4v) is 7.86. The van der Waals surface area contributed by atoms with Crippen LogP contribution in [0.2, 0.25) is 0 Å². The van der Waals surface area contributed by atoms with Crippen molar-refractivity contribution in [1.29, 1.82) is 0 Å². The zero-order valence-electron chi connectivity index (χ0n) is 43.4. The summed E-state index contributed by atoms with van der Waals surface area (Å²) < 4.78 is 0. The first-order chi connectivity index (χ1) is 36.6. The number of anilines is 2. The average Bonchev–Trinajstić information content (AvgIpc) is 3.38. The van der Waals surface area contributed by atoms with Gasteiger partial charge in [-0.2, -0.15) is 12.6 Å². The number of carboxylic acid groups (broad SMARTS) is 2. The minimum atomic E-state index is -1.68. The van der Waals surface area contributed by atoms with E-state index in [4.69, 9.17) is 5.73 Å². The van der Waals surface area contributed by atoms with Gasteiger partial charge < -0.3 is 74.2 Å². The number of nitrogens with one attached hydrogen (secondary N) is 10. The van der Waals surface area contributed by atoms with Gasteiger partial charge in [0.25, 0.3) is 0 Å². The van der Waals surface area contributed by atoms with E-state index in [9.17, 15) is 82.4 Å². The van der Waals surface area contributed by atoms with Gasteiger partial charge in [0.15, 0.2) is 11.6 Å². The molecule has 0 aromatic heterocycles. The Morgan fingerprint density at radius 2 is 1.12 bits per heavy atom. The lowest BCUT2D eigenvalue weighted by atomic mass is 9.82. The minimum absolute atomic E-state index is 0.00708. The molecule has 0 fully saturated rings. The number of nitrogen functional groups attached to an aromatic ring is 1. The van der Waals surface area contributed by atoms with E-state index in [0.717, 1.165) is 6.92 Å². The van der Waals surface area contributed by atoms with Crippen LogP contribution in [-0.4, -0.2) is 166 Å². The molecule has 3 rings (SSSR count). The van der Waals surface area contributed by atoms with Crippen molar-refractivity contribution in [1.82, 2.24) is 47.9 Å². The number of carbonyl (C=O) groups excluding carboxylic acids is 12. The fourth-order valence-electron chi connectivity index (χ4n) is 7.61. The number of thiol groups is 1. The number of rotatable bonds is 29. The Kier molecular flexibility index (Phi) is 24.3. The summed E-state index contributed by atoms with van der Waals surface area (Å²) in [5, 5.41) is 51.7. The smallest absolute Gasteiger partial charge is 0.305 e. The van der Waals surface area contributed by atoms with E-state index in [1.54, 1.807) is 39.8 Å². The van der Waals surface area contributed by atoms with Crippen molar-refractivity contribution in [3.8, 4) is 0 Å². The maximum absolute atomic E-state index is 13.8. The van der Waals surface area contributed by atoms with Gasteiger partial charge in [-0.15, -0.1) is 0 Å². The summed E-state index contributed by atoms with van der Waals surface area (Å²) in [5.74, 6) is -14.6. The van der Waals surface area contributed by atoms with Crippen LogP contribution in [0.5, 0.6) is 0 Å². The number of fused-ring (bicyclic) bond motifs is 2. The third kappa shape index (κ3) is 18.7. The summed E-state index contributed by atoms with van der Waals surface area (Å²) in [7, 11) is 0. The Hall–Kier alpha value is -8.47. The summed E-state index contributed by atoms with van der Waals surface area (Å²) in [6, 6.07) is -1.80. The van der Waals surface area contributed by atoms with Crippen molar-refractivity contribution >= 4 is 107 Å². The number of hydrogen-bond donors (Lipinski definition) is 15. The number of aliphatic hydroxyl groups excluding tert-OH is 1. The van der Waals surface area contributed by atoms with E-state index >= 15 is 0 Å². The molecule has 0 saturated carbocycles. The molecular weight excluding hydrogens is 1050 g/mol. The SMILES string of the molecule is CC(=O)N[C@@H](CC(=O)O)C(=O)N[C@@H](CCC(=O)O)C(=O)N[C@@H](C)C(=O)N[C@H](C(=O)N[C@@H](CC(C)C)C(=O)N[C@@H](CS)C(=O)N[C@@H](CO)C(=O)NCC(=O)NCC(=O)Nc1ccc(N)c2c1C(=O)c1ccccc1C2=O)C(C)C. The van der Waals surface area contributed by atoms with Gasteiger partial charge in [0.05, 0.1) is 42.9 Å². The highest BCUT2D eigenvalue weighted by atomic mass is 32.1. The first-order valence-corrected chi connectivity index (χ1v) is 24.9. The zero-order chi connectivity index (χ0) is 58.7. The van der Waals surface area contributed by atoms with Crippen molar-refractivity contribution < 1.29 is 82.4 Å². The molecule has 15 N–H and O–H groups in total. The number of aliphatic carboxylic acids is 2. The molecule has 0 heterocycles. The predicted octanol–water partition coefficient (Wildman–Crippen LogP) is -3.39. The molecule has 2 aromatic carbocycles. The number of aliphatic hydroxyl groups is 1. The molecule has 7 atom stereocenters. The molecule has 0 aliphatic heterocycles. The fraction of sp³-hybridized carbons (Fsp3) is 0.469. The highest BCUT2D eigenvalue weighted by Crippen LogP contribution is 2.35. The standard InChI is InChI=1S/C49H65N11O17S/c1-21(2)15-30(57-49(77)40(22(3)4)60-43(71)23(5)53-45(73)29(13-14-36(65)66)56-47(75)31(16-37(67)68)54-24(6)62)46(74)59-33(20-78)48(76)58-32(19-61)44(72)52-17-34(63)51-18-35(64)55-28-12-11-27(50)38-39(28)42(70)26-10-8-7-9-25(26)41(38)69/h7-12,21-23,29-33,40,61,78H,13-20,50H2,1-6H3,(H,51,63)(H,52,72)(H,53,73)(H,54,62)(H,55,64)(H,56,75)(H,57,77)(H,58,76)(H,59,74)(H,60,71)(H,65,66)(H,67,68)/t23-,29-,30-,31-,32-,33-,40-/m0/s1. The normalized spacial score (nSPS) is 14.2. The lowest BCUT2D eigenvalue weighted by Gasteiger charge is -2.28. The molecule has 0 saturated heterocycles. The summed E-state index contributed by atoms with van der Waals surface area (Å²) in [5.41, 5.74) is 6.05. The van der Waals surface area contributed by atoms with E-state index in [2.05, 4.69) is 65.8 Å². The Labute approximate surface area is 452 Å². The molecule has 424 valence electrons. The van der Waals surface area contributed by atoms with E-state index < -0.39 is 170 Å². The monoisotopic (exact) mass is 1110 g/mol. The molecule has 29 heteroatoms. The highest BCUT2D eigenvalue weighted by Gasteiger charge is 2.36. The lowest BCUT2D eigenvalue weighted by Crippen LogP contribution is -2.61. The zero-order valence-corrected chi connectivity index (χ0v) is 44.3. The largest absolute Gasteiger partial charge is 0.481 e. The van der Waals surface area contributed by atoms with E-state index in [0.29, 0.717) is 0 Å². The van der Waals surface area contributed by atoms with Gasteiger partial charge in [0, 0.05) is 35.9 Å². The molecule has 2 aromatic rings. The van der Waals surface area contributed by atoms with Gasteiger partial charge in [-0.3, -0.25) is 67.1 Å². The number of ketones is 2. The highest BCUT2D eigenvalue weighted by molar-refractivity contribution is 7.80. The Bertz CT molecular complexity index is 2670. The molecule has 0 unspecified atom stereocenters. The molecule has 0 bridgehead atoms. The number of nitrogens with two attached hydrogens (primary N) is 1. The van der Waals surface area contributed by atoms with Crippen LogP contribution < -0.4 is 58.9 Å². The lowest BCUT2D eigenvalue weighted by molar-refractivity contribution is -0.141. The average molecular weight is 1110 g/mol. The second-order valence-electron chi connectivity index (χ2n) is 18.7. The predicted molar refractivity (Wildman–Crippen MR) is 278 cm³/mol. The number of amides is 10. The topological polar surface area (TPSA) is 446 Å². The molecule has 78 heavy (non-hydrogen) atoms. The van der Waals surface area contributed by atoms with Gasteiger partial charge in [0.1, 0.15) is 42.3 Å². The van der Waals surface area contributed by atoms with Crippen LogP contribution in [0.25, 0.3) is 0 Å². The van der Waals surface area contributed by atoms with Crippen molar-refractivity contribution in [2.75, 3.05) is 36.5 Å². The van der Waals surface area contributed by atoms with E-state index in [-0.39, 0.29) is 51.7 Å². The Morgan fingerprint density at radius 1 is 0.577 bits per heavy atom. The second-order valence-corrected chi connectivity index (χ2v) is 19.0. The number of carbonyl (C=O) groups is 14. The van der Waals surface area contributed by atoms with E-state index in [1.807, 2.05) is 0 Å². The third-order valence-electron chi connectivity index (χ3n) is 11.6. The molecule has 0 radical (unpaired) electrons. The van der Waals surface area contributed by atoms with Crippen LogP contribution in [0.3, 0.4) is 0 Å². The molecule has 28 nitrogen and oxygen atoms in total. The van der Waals surface area contributed by atoms with Crippen molar-refractivity contribution in [2.24, 2.45) is 11.8 Å². The van der Waals surface area contributed by atoms with Crippen LogP contribution in [0.15, 0.2) is 36.4 Å². The molecule has 1 aliphatic rings. The third-order valence-corrected chi connectivity index (χ3v) is 11.9. The van der Waals surface area contributed by atoms with Gasteiger partial charge in [-0.25, -0.2) is 0 Å². The summed E-state index contributed by atoms with van der Waals surface area (Å²) in [6.07, 6.45) is -2.05. The van der Waals surface area contributed by atoms with Crippen molar-refractivity contribution in [3.63, 3.8) is 0 Å². The number of carboxylic acids is 2. The summed E-state index contributed by atoms with van der Waals surface area (Å²) in [4.78, 5) is 180. The maximum Gasteiger partial charge on any atom is 0.305 e. The van der Waals surface area contributed by atoms with Crippen LogP contribution in [0, 0.1) is 11.8 Å². The van der Waals surface area contributed by atoms with Crippen LogP contribution in [-0.2, 0) is 57.5 Å². The first kappa shape index (κ1) is 63.8. The number of benzene rings is 2. The van der Waals surface area contributed by atoms with Crippen molar-refractivity contribution in [2.45, 2.75) is 110 Å². The quantitative estimate of drug-likeness (QED) is 0.0238.